The summed E-state index contributed by atoms with van der Waals surface area (Å²) in [7, 11) is 1.79. The molecule has 3 heteroatoms. The summed E-state index contributed by atoms with van der Waals surface area (Å²) in [6.07, 6.45) is 6.51. The van der Waals surface area contributed by atoms with Gasteiger partial charge in [0.25, 0.3) is 0 Å². The molecule has 1 aromatic carbocycles. The van der Waals surface area contributed by atoms with E-state index in [0.29, 0.717) is 0 Å². The summed E-state index contributed by atoms with van der Waals surface area (Å²) in [6, 6.07) is 4.59. The van der Waals surface area contributed by atoms with Crippen LogP contribution in [0, 0.1) is 5.92 Å². The molecule has 2 aliphatic carbocycles. The summed E-state index contributed by atoms with van der Waals surface area (Å²) >= 11 is 0. The van der Waals surface area contributed by atoms with E-state index in [0.717, 1.165) is 43.9 Å². The van der Waals surface area contributed by atoms with E-state index in [9.17, 15) is 0 Å². The third kappa shape index (κ3) is 2.65. The van der Waals surface area contributed by atoms with Gasteiger partial charge in [0.05, 0.1) is 20.3 Å². The van der Waals surface area contributed by atoms with Gasteiger partial charge in [0.2, 0.25) is 0 Å². The highest BCUT2D eigenvalue weighted by atomic mass is 16.5. The number of aryl methyl sites for hydroxylation is 2. The molecule has 3 aliphatic rings. The molecule has 0 spiro atoms. The van der Waals surface area contributed by atoms with Crippen LogP contribution in [0.4, 0.5) is 0 Å². The topological polar surface area (TPSA) is 21.7 Å². The number of hydrogen-bond acceptors (Lipinski definition) is 3. The second-order valence-electron chi connectivity index (χ2n) is 7.07. The molecule has 120 valence electrons. The monoisotopic (exact) mass is 301 g/mol. The van der Waals surface area contributed by atoms with Crippen LogP contribution in [0.15, 0.2) is 12.1 Å². The molecule has 1 heterocycles. The van der Waals surface area contributed by atoms with Crippen molar-refractivity contribution in [3.05, 3.63) is 28.8 Å². The average molecular weight is 301 g/mol. The van der Waals surface area contributed by atoms with Crippen molar-refractivity contribution in [1.29, 1.82) is 0 Å². The predicted octanol–water partition coefficient (Wildman–Crippen LogP) is 3.01. The second kappa shape index (κ2) is 6.21. The van der Waals surface area contributed by atoms with Gasteiger partial charge in [-0.15, -0.1) is 0 Å². The standard InChI is InChI=1S/C19H27NO2/c1-21-17-11-14-3-2-4-18-16(6-5-15(12-17)19(14)18)13-20-7-9-22-10-8-20/h11-12,16,18H,2-10,13H2,1H3. The summed E-state index contributed by atoms with van der Waals surface area (Å²) < 4.78 is 11.0. The van der Waals surface area contributed by atoms with Crippen molar-refractivity contribution in [2.75, 3.05) is 40.0 Å². The Morgan fingerprint density at radius 3 is 2.68 bits per heavy atom. The number of hydrogen-bond donors (Lipinski definition) is 0. The van der Waals surface area contributed by atoms with E-state index in [2.05, 4.69) is 17.0 Å². The fourth-order valence-corrected chi connectivity index (χ4v) is 4.76. The first-order valence-electron chi connectivity index (χ1n) is 8.85. The van der Waals surface area contributed by atoms with Gasteiger partial charge >= 0.3 is 0 Å². The summed E-state index contributed by atoms with van der Waals surface area (Å²) in [4.78, 5) is 2.62. The van der Waals surface area contributed by atoms with E-state index in [4.69, 9.17) is 9.47 Å². The van der Waals surface area contributed by atoms with Gasteiger partial charge in [0, 0.05) is 19.6 Å². The predicted molar refractivity (Wildman–Crippen MR) is 87.7 cm³/mol. The minimum Gasteiger partial charge on any atom is -0.497 e. The molecule has 1 fully saturated rings. The van der Waals surface area contributed by atoms with E-state index < -0.39 is 0 Å². The van der Waals surface area contributed by atoms with Crippen molar-refractivity contribution in [1.82, 2.24) is 4.90 Å². The molecule has 2 unspecified atom stereocenters. The van der Waals surface area contributed by atoms with E-state index >= 15 is 0 Å². The molecule has 4 rings (SSSR count). The molecule has 0 amide bonds. The minimum absolute atomic E-state index is 0.779. The van der Waals surface area contributed by atoms with Crippen LogP contribution in [0.3, 0.4) is 0 Å². The lowest BCUT2D eigenvalue weighted by molar-refractivity contribution is 0.0267. The lowest BCUT2D eigenvalue weighted by Gasteiger charge is -2.41. The van der Waals surface area contributed by atoms with Crippen LogP contribution in [-0.4, -0.2) is 44.9 Å². The zero-order valence-electron chi connectivity index (χ0n) is 13.6. The molecule has 0 radical (unpaired) electrons. The first kappa shape index (κ1) is 14.5. The first-order chi connectivity index (χ1) is 10.8. The summed E-state index contributed by atoms with van der Waals surface area (Å²) in [5, 5.41) is 0. The Kier molecular flexibility index (Phi) is 4.10. The number of rotatable bonds is 3. The van der Waals surface area contributed by atoms with Crippen molar-refractivity contribution in [3.8, 4) is 5.75 Å². The van der Waals surface area contributed by atoms with Crippen LogP contribution >= 0.6 is 0 Å². The maximum absolute atomic E-state index is 5.51. The van der Waals surface area contributed by atoms with E-state index in [-0.39, 0.29) is 0 Å². The highest BCUT2D eigenvalue weighted by molar-refractivity contribution is 5.47. The van der Waals surface area contributed by atoms with E-state index in [1.807, 2.05) is 0 Å². The van der Waals surface area contributed by atoms with Crippen LogP contribution in [0.5, 0.6) is 5.75 Å². The van der Waals surface area contributed by atoms with Gasteiger partial charge in [0.15, 0.2) is 0 Å². The van der Waals surface area contributed by atoms with Crippen LogP contribution in [0.25, 0.3) is 0 Å². The molecule has 0 bridgehead atoms. The fourth-order valence-electron chi connectivity index (χ4n) is 4.76. The van der Waals surface area contributed by atoms with Crippen LogP contribution in [0.2, 0.25) is 0 Å². The molecular weight excluding hydrogens is 274 g/mol. The van der Waals surface area contributed by atoms with Crippen molar-refractivity contribution >= 4 is 0 Å². The normalized spacial score (nSPS) is 28.2. The molecule has 0 saturated carbocycles. The zero-order chi connectivity index (χ0) is 14.9. The quantitative estimate of drug-likeness (QED) is 0.856. The van der Waals surface area contributed by atoms with Gasteiger partial charge in [-0.25, -0.2) is 0 Å². The Hall–Kier alpha value is -1.06. The molecule has 0 aromatic heterocycles. The van der Waals surface area contributed by atoms with Crippen molar-refractivity contribution < 1.29 is 9.47 Å². The number of benzene rings is 1. The maximum atomic E-state index is 5.51. The average Bonchev–Trinajstić information content (AvgIpc) is 2.58. The van der Waals surface area contributed by atoms with E-state index in [1.165, 1.54) is 38.6 Å². The molecule has 1 aromatic rings. The minimum atomic E-state index is 0.779. The molecule has 1 aliphatic heterocycles. The lowest BCUT2D eigenvalue weighted by atomic mass is 9.68. The van der Waals surface area contributed by atoms with E-state index in [1.54, 1.807) is 23.8 Å². The van der Waals surface area contributed by atoms with Crippen LogP contribution < -0.4 is 4.74 Å². The number of methoxy groups -OCH3 is 1. The highest BCUT2D eigenvalue weighted by Gasteiger charge is 2.34. The number of ether oxygens (including phenoxy) is 2. The number of nitrogens with zero attached hydrogens (tertiary/aromatic N) is 1. The van der Waals surface area contributed by atoms with Gasteiger partial charge in [-0.3, -0.25) is 4.90 Å². The summed E-state index contributed by atoms with van der Waals surface area (Å²) in [5.74, 6) is 2.67. The Balaban J connectivity index is 1.58. The number of morpholine rings is 1. The summed E-state index contributed by atoms with van der Waals surface area (Å²) in [6.45, 7) is 5.32. The second-order valence-corrected chi connectivity index (χ2v) is 7.07. The fraction of sp³-hybridized carbons (Fsp3) is 0.684. The Labute approximate surface area is 133 Å². The molecule has 0 N–H and O–H groups in total. The zero-order valence-corrected chi connectivity index (χ0v) is 13.6. The van der Waals surface area contributed by atoms with Crippen molar-refractivity contribution in [2.45, 2.75) is 38.0 Å². The Bertz CT molecular complexity index is 519. The van der Waals surface area contributed by atoms with Crippen LogP contribution in [0.1, 0.15) is 41.9 Å². The third-order valence-electron chi connectivity index (χ3n) is 5.84. The lowest BCUT2D eigenvalue weighted by Crippen LogP contribution is -2.42. The SMILES string of the molecule is COc1cc2c3c(c1)CCC(CN1CCOCC1)C3CCC2. The maximum Gasteiger partial charge on any atom is 0.119 e. The highest BCUT2D eigenvalue weighted by Crippen LogP contribution is 2.46. The van der Waals surface area contributed by atoms with Gasteiger partial charge in [-0.05, 0) is 72.8 Å². The van der Waals surface area contributed by atoms with Crippen LogP contribution in [-0.2, 0) is 17.6 Å². The molecule has 3 nitrogen and oxygen atoms in total. The van der Waals surface area contributed by atoms with Crippen molar-refractivity contribution in [3.63, 3.8) is 0 Å². The summed E-state index contributed by atoms with van der Waals surface area (Å²) in [5.41, 5.74) is 4.83. The largest absolute Gasteiger partial charge is 0.497 e. The Morgan fingerprint density at radius 1 is 1.14 bits per heavy atom. The molecule has 1 saturated heterocycles. The molecular formula is C19H27NO2. The Morgan fingerprint density at radius 2 is 1.91 bits per heavy atom. The van der Waals surface area contributed by atoms with Gasteiger partial charge in [0.1, 0.15) is 5.75 Å². The molecule has 22 heavy (non-hydrogen) atoms. The first-order valence-corrected chi connectivity index (χ1v) is 8.85. The van der Waals surface area contributed by atoms with Crippen molar-refractivity contribution in [2.24, 2.45) is 5.92 Å². The molecule has 2 atom stereocenters. The van der Waals surface area contributed by atoms with Gasteiger partial charge in [-0.1, -0.05) is 0 Å². The third-order valence-corrected chi connectivity index (χ3v) is 5.84. The van der Waals surface area contributed by atoms with Gasteiger partial charge < -0.3 is 9.47 Å². The smallest absolute Gasteiger partial charge is 0.119 e. The van der Waals surface area contributed by atoms with Gasteiger partial charge in [-0.2, -0.15) is 0 Å².